The lowest BCUT2D eigenvalue weighted by Crippen LogP contribution is -2.65. The van der Waals surface area contributed by atoms with Crippen LogP contribution >= 0.6 is 0 Å². The molecule has 64 heavy (non-hydrogen) atoms. The fraction of sp³-hybridized carbons (Fsp3) is 0.654. The Morgan fingerprint density at radius 1 is 0.906 bits per heavy atom. The standard InChI is InChI=1S/C52H74BN3O8/c1-7-8-13-35-17-19-36(20-18-35)37-21-23-38(24-22-37)44(58)30-39(14-11-12-27-54)50(62)56-43-26-25-41(57)15-9-10-16-42(55-49(61)33(2)28-45(43)59)46(60)29-34(3)53-63-48-32-40-31-47(51(40,4)5)52(48,6)64-53/h17-24,33-34,39-40,42-43,47-48H,7-16,25-32,54H2,1-6H3,(H,55,61)(H,56,62)/t33-,34-,39-,40+,42+,43+,47+,48-,52+/m1/s1. The van der Waals surface area contributed by atoms with Crippen LogP contribution in [0.5, 0.6) is 0 Å². The van der Waals surface area contributed by atoms with Gasteiger partial charge in [0.1, 0.15) is 5.78 Å². The fourth-order valence-electron chi connectivity index (χ4n) is 10.9. The van der Waals surface area contributed by atoms with Crippen LogP contribution in [0.15, 0.2) is 48.5 Å². The van der Waals surface area contributed by atoms with Gasteiger partial charge in [-0.15, -0.1) is 0 Å². The molecule has 0 spiro atoms. The van der Waals surface area contributed by atoms with E-state index in [4.69, 9.17) is 15.0 Å². The third-order valence-corrected chi connectivity index (χ3v) is 15.4. The van der Waals surface area contributed by atoms with E-state index in [0.29, 0.717) is 62.5 Å². The van der Waals surface area contributed by atoms with E-state index in [2.05, 4.69) is 62.6 Å². The molecule has 3 aliphatic carbocycles. The highest BCUT2D eigenvalue weighted by molar-refractivity contribution is 6.47. The molecule has 3 saturated carbocycles. The number of Topliss-reactive ketones (excluding diaryl/α,β-unsaturated/α-hetero) is 4. The summed E-state index contributed by atoms with van der Waals surface area (Å²) in [5, 5.41) is 5.86. The van der Waals surface area contributed by atoms with Crippen molar-refractivity contribution in [3.05, 3.63) is 59.7 Å². The lowest BCUT2D eigenvalue weighted by Gasteiger charge is -2.64. The maximum absolute atomic E-state index is 14.0. The molecule has 5 aliphatic rings. The van der Waals surface area contributed by atoms with Gasteiger partial charge in [-0.1, -0.05) is 102 Å². The first-order valence-corrected chi connectivity index (χ1v) is 24.5. The summed E-state index contributed by atoms with van der Waals surface area (Å²) in [6, 6.07) is 14.1. The Hall–Kier alpha value is -4.00. The molecular formula is C52H74BN3O8. The average molecular weight is 880 g/mol. The maximum atomic E-state index is 14.0. The molecular weight excluding hydrogens is 805 g/mol. The zero-order valence-electron chi connectivity index (χ0n) is 39.4. The van der Waals surface area contributed by atoms with E-state index in [9.17, 15) is 28.8 Å². The van der Waals surface area contributed by atoms with Gasteiger partial charge in [-0.25, -0.2) is 0 Å². The summed E-state index contributed by atoms with van der Waals surface area (Å²) in [6.45, 7) is 13.0. The summed E-state index contributed by atoms with van der Waals surface area (Å²) < 4.78 is 13.1. The molecule has 2 aromatic rings. The van der Waals surface area contributed by atoms with Crippen molar-refractivity contribution < 1.29 is 38.1 Å². The molecule has 5 fully saturated rings. The van der Waals surface area contributed by atoms with E-state index in [1.807, 2.05) is 19.1 Å². The largest absolute Gasteiger partial charge is 0.461 e. The van der Waals surface area contributed by atoms with E-state index in [1.54, 1.807) is 19.1 Å². The van der Waals surface area contributed by atoms with Crippen LogP contribution < -0.4 is 16.4 Å². The molecule has 0 unspecified atom stereocenters. The number of rotatable bonds is 17. The Morgan fingerprint density at radius 3 is 2.28 bits per heavy atom. The van der Waals surface area contributed by atoms with Crippen molar-refractivity contribution in [1.29, 1.82) is 0 Å². The quantitative estimate of drug-likeness (QED) is 0.0800. The number of nitrogens with two attached hydrogens (primary N) is 1. The molecule has 0 radical (unpaired) electrons. The minimum absolute atomic E-state index is 0.00230. The van der Waals surface area contributed by atoms with E-state index in [1.165, 1.54) is 5.56 Å². The van der Waals surface area contributed by atoms with E-state index >= 15 is 0 Å². The van der Waals surface area contributed by atoms with Gasteiger partial charge < -0.3 is 25.7 Å². The zero-order chi connectivity index (χ0) is 46.2. The lowest BCUT2D eigenvalue weighted by atomic mass is 9.43. The number of carbonyl (C=O) groups is 6. The van der Waals surface area contributed by atoms with Gasteiger partial charge in [-0.3, -0.25) is 28.8 Å². The summed E-state index contributed by atoms with van der Waals surface area (Å²) in [6.07, 6.45) is 8.98. The van der Waals surface area contributed by atoms with Gasteiger partial charge in [0.15, 0.2) is 17.3 Å². The van der Waals surface area contributed by atoms with Crippen LogP contribution in [0.4, 0.5) is 0 Å². The predicted molar refractivity (Wildman–Crippen MR) is 250 cm³/mol. The molecule has 2 aliphatic heterocycles. The summed E-state index contributed by atoms with van der Waals surface area (Å²) >= 11 is 0. The summed E-state index contributed by atoms with van der Waals surface area (Å²) in [4.78, 5) is 82.4. The molecule has 7 rings (SSSR count). The second-order valence-corrected chi connectivity index (χ2v) is 20.5. The highest BCUT2D eigenvalue weighted by atomic mass is 16.7. The molecule has 9 atom stereocenters. The lowest BCUT2D eigenvalue weighted by molar-refractivity contribution is -0.199. The van der Waals surface area contributed by atoms with Crippen molar-refractivity contribution in [2.45, 2.75) is 180 Å². The third-order valence-electron chi connectivity index (χ3n) is 15.4. The molecule has 12 heteroatoms. The number of hydrogen-bond acceptors (Lipinski definition) is 9. The second-order valence-electron chi connectivity index (χ2n) is 20.5. The van der Waals surface area contributed by atoms with E-state index in [-0.39, 0.29) is 84.6 Å². The van der Waals surface area contributed by atoms with Gasteiger partial charge >= 0.3 is 7.12 Å². The first-order chi connectivity index (χ1) is 30.5. The van der Waals surface area contributed by atoms with Crippen LogP contribution in [0, 0.1) is 29.1 Å². The summed E-state index contributed by atoms with van der Waals surface area (Å²) in [5.41, 5.74) is 9.46. The van der Waals surface area contributed by atoms with Crippen LogP contribution in [0.1, 0.15) is 160 Å². The fourth-order valence-corrected chi connectivity index (χ4v) is 10.9. The summed E-state index contributed by atoms with van der Waals surface area (Å²) in [7, 11) is -0.515. The van der Waals surface area contributed by atoms with Gasteiger partial charge in [0.25, 0.3) is 0 Å². The molecule has 348 valence electrons. The number of benzene rings is 2. The Balaban J connectivity index is 1.07. The first-order valence-electron chi connectivity index (χ1n) is 24.5. The van der Waals surface area contributed by atoms with Gasteiger partial charge in [-0.2, -0.15) is 0 Å². The number of nitrogens with one attached hydrogen (secondary N) is 2. The van der Waals surface area contributed by atoms with Crippen LogP contribution in [-0.2, 0) is 39.7 Å². The average Bonchev–Trinajstić information content (AvgIpc) is 3.65. The normalized spacial score (nSPS) is 28.2. The number of unbranched alkanes of at least 4 members (excludes halogenated alkanes) is 2. The van der Waals surface area contributed by atoms with Gasteiger partial charge in [-0.05, 0) is 111 Å². The van der Waals surface area contributed by atoms with Crippen LogP contribution in [0.2, 0.25) is 5.82 Å². The van der Waals surface area contributed by atoms with E-state index < -0.39 is 42.9 Å². The Labute approximate surface area is 382 Å². The van der Waals surface area contributed by atoms with Crippen molar-refractivity contribution in [2.24, 2.45) is 34.8 Å². The van der Waals surface area contributed by atoms with E-state index in [0.717, 1.165) is 43.2 Å². The Morgan fingerprint density at radius 2 is 1.61 bits per heavy atom. The SMILES string of the molecule is CCCCc1ccc(-c2ccc(C(=O)C[C@@H](CCCCN)C(=O)N[C@H]3CCC(=O)CCCC[C@@H](C(=O)C[C@@H](C)B4O[C@@H]5C[C@@H]6C[C@@H](C6(C)C)[C@]5(C)O4)NC(=O)[C@H](C)CC3=O)cc2)cc1. The molecule has 4 N–H and O–H groups in total. The Kier molecular flexibility index (Phi) is 17.0. The number of hydrogen-bond donors (Lipinski definition) is 3. The first kappa shape index (κ1) is 49.4. The monoisotopic (exact) mass is 880 g/mol. The molecule has 11 nitrogen and oxygen atoms in total. The van der Waals surface area contributed by atoms with Crippen molar-refractivity contribution in [3.8, 4) is 11.1 Å². The topological polar surface area (TPSA) is 171 Å². The minimum Gasteiger partial charge on any atom is -0.405 e. The van der Waals surface area contributed by atoms with Crippen LogP contribution in [0.3, 0.4) is 0 Å². The van der Waals surface area contributed by atoms with Gasteiger partial charge in [0.2, 0.25) is 11.8 Å². The van der Waals surface area contributed by atoms with Crippen molar-refractivity contribution in [3.63, 3.8) is 0 Å². The van der Waals surface area contributed by atoms with Crippen molar-refractivity contribution >= 4 is 42.1 Å². The highest BCUT2D eigenvalue weighted by Gasteiger charge is 2.68. The van der Waals surface area contributed by atoms with Gasteiger partial charge in [0.05, 0.1) is 23.8 Å². The minimum atomic E-state index is -1.01. The smallest absolute Gasteiger partial charge is 0.405 e. The van der Waals surface area contributed by atoms with Crippen LogP contribution in [0.25, 0.3) is 11.1 Å². The Bertz CT molecular complexity index is 1970. The van der Waals surface area contributed by atoms with Crippen LogP contribution in [-0.4, -0.2) is 72.4 Å². The molecule has 2 aromatic carbocycles. The van der Waals surface area contributed by atoms with Crippen molar-refractivity contribution in [2.75, 3.05) is 6.54 Å². The molecule has 0 aromatic heterocycles. The zero-order valence-corrected chi connectivity index (χ0v) is 39.4. The third kappa shape index (κ3) is 11.9. The summed E-state index contributed by atoms with van der Waals surface area (Å²) in [5.74, 6) is -2.28. The number of aryl methyl sites for hydroxylation is 1. The molecule has 2 amide bonds. The maximum Gasteiger partial charge on any atom is 0.461 e. The van der Waals surface area contributed by atoms with Gasteiger partial charge in [0, 0.05) is 49.5 Å². The molecule has 2 heterocycles. The molecule has 2 saturated heterocycles. The number of carbonyl (C=O) groups excluding carboxylic acids is 6. The second kappa shape index (κ2) is 22.0. The highest BCUT2D eigenvalue weighted by Crippen LogP contribution is 2.66. The van der Waals surface area contributed by atoms with Crippen molar-refractivity contribution in [1.82, 2.24) is 10.6 Å². The number of amides is 2. The predicted octanol–water partition coefficient (Wildman–Crippen LogP) is 8.58. The number of ketones is 4. The molecule has 2 bridgehead atoms.